The van der Waals surface area contributed by atoms with E-state index in [0.717, 1.165) is 36.6 Å². The molecular weight excluding hydrogens is 432 g/mol. The van der Waals surface area contributed by atoms with Crippen LogP contribution in [-0.4, -0.2) is 33.5 Å². The number of methoxy groups -OCH3 is 1. The molecule has 3 aromatic rings. The lowest BCUT2D eigenvalue weighted by atomic mass is 9.72. The molecule has 0 aliphatic heterocycles. The standard InChI is InChI=1S/C23H26N2O4S2/c1-23(2,3)13-5-10-16-17(11-13)31-20-19(16)21(28)25(22(24-20)30-12-18(26)27)14-6-8-15(29-4)9-7-14/h6-9,13H,5,10-12H2,1-4H3,(H,26,27). The van der Waals surface area contributed by atoms with Gasteiger partial charge in [-0.2, -0.15) is 0 Å². The number of thiophene rings is 1. The van der Waals surface area contributed by atoms with Crippen molar-refractivity contribution in [2.24, 2.45) is 11.3 Å². The van der Waals surface area contributed by atoms with Gasteiger partial charge in [0.1, 0.15) is 10.6 Å². The second kappa shape index (κ2) is 8.31. The molecule has 8 heteroatoms. The minimum absolute atomic E-state index is 0.130. The number of carboxylic acid groups (broad SMARTS) is 1. The van der Waals surface area contributed by atoms with Gasteiger partial charge in [0.15, 0.2) is 5.16 Å². The van der Waals surface area contributed by atoms with Gasteiger partial charge >= 0.3 is 5.97 Å². The number of carbonyl (C=O) groups is 1. The Kier molecular flexibility index (Phi) is 5.87. The van der Waals surface area contributed by atoms with Crippen molar-refractivity contribution < 1.29 is 14.6 Å². The zero-order valence-corrected chi connectivity index (χ0v) is 19.7. The summed E-state index contributed by atoms with van der Waals surface area (Å²) in [4.78, 5) is 31.6. The first-order valence-corrected chi connectivity index (χ1v) is 12.1. The maximum atomic E-state index is 13.7. The van der Waals surface area contributed by atoms with Crippen LogP contribution in [0.3, 0.4) is 0 Å². The number of hydrogen-bond acceptors (Lipinski definition) is 6. The van der Waals surface area contributed by atoms with Crippen LogP contribution >= 0.6 is 23.1 Å². The predicted octanol–water partition coefficient (Wildman–Crippen LogP) is 4.78. The smallest absolute Gasteiger partial charge is 0.313 e. The molecule has 0 bridgehead atoms. The van der Waals surface area contributed by atoms with E-state index < -0.39 is 5.97 Å². The van der Waals surface area contributed by atoms with Gasteiger partial charge in [0.25, 0.3) is 5.56 Å². The van der Waals surface area contributed by atoms with Crippen molar-refractivity contribution in [1.82, 2.24) is 9.55 Å². The van der Waals surface area contributed by atoms with E-state index in [1.807, 2.05) is 0 Å². The summed E-state index contributed by atoms with van der Waals surface area (Å²) in [7, 11) is 1.59. The molecule has 0 saturated carbocycles. The first-order valence-electron chi connectivity index (χ1n) is 10.3. The van der Waals surface area contributed by atoms with E-state index in [1.54, 1.807) is 42.7 Å². The first kappa shape index (κ1) is 21.9. The number of hydrogen-bond donors (Lipinski definition) is 1. The summed E-state index contributed by atoms with van der Waals surface area (Å²) in [6, 6.07) is 7.17. The lowest BCUT2D eigenvalue weighted by molar-refractivity contribution is -0.133. The maximum Gasteiger partial charge on any atom is 0.313 e. The number of ether oxygens (including phenoxy) is 1. The molecule has 0 spiro atoms. The minimum Gasteiger partial charge on any atom is -0.497 e. The van der Waals surface area contributed by atoms with Gasteiger partial charge in [-0.15, -0.1) is 11.3 Å². The normalized spacial score (nSPS) is 16.3. The largest absolute Gasteiger partial charge is 0.497 e. The molecule has 1 aromatic carbocycles. The summed E-state index contributed by atoms with van der Waals surface area (Å²) in [6.07, 6.45) is 2.89. The zero-order valence-electron chi connectivity index (χ0n) is 18.1. The second-order valence-electron chi connectivity index (χ2n) is 8.91. The number of fused-ring (bicyclic) bond motifs is 3. The van der Waals surface area contributed by atoms with Gasteiger partial charge in [-0.05, 0) is 60.4 Å². The highest BCUT2D eigenvalue weighted by atomic mass is 32.2. The first-order chi connectivity index (χ1) is 14.7. The van der Waals surface area contributed by atoms with Crippen molar-refractivity contribution in [2.45, 2.75) is 45.2 Å². The third-order valence-electron chi connectivity index (χ3n) is 5.93. The SMILES string of the molecule is COc1ccc(-n2c(SCC(=O)O)nc3sc4c(c3c2=O)CCC(C(C)(C)C)C4)cc1. The molecule has 2 heterocycles. The lowest BCUT2D eigenvalue weighted by Gasteiger charge is -2.33. The Morgan fingerprint density at radius 1 is 1.32 bits per heavy atom. The van der Waals surface area contributed by atoms with Gasteiger partial charge in [-0.1, -0.05) is 32.5 Å². The van der Waals surface area contributed by atoms with Gasteiger partial charge in [0.05, 0.1) is 23.9 Å². The molecule has 6 nitrogen and oxygen atoms in total. The molecule has 1 aliphatic rings. The van der Waals surface area contributed by atoms with E-state index in [-0.39, 0.29) is 16.7 Å². The van der Waals surface area contributed by atoms with Crippen molar-refractivity contribution in [1.29, 1.82) is 0 Å². The molecule has 0 fully saturated rings. The Labute approximate surface area is 189 Å². The van der Waals surface area contributed by atoms with Crippen LogP contribution in [0.15, 0.2) is 34.2 Å². The van der Waals surface area contributed by atoms with Crippen molar-refractivity contribution in [3.05, 3.63) is 45.1 Å². The van der Waals surface area contributed by atoms with Crippen LogP contribution in [0.4, 0.5) is 0 Å². The molecule has 0 saturated heterocycles. The van der Waals surface area contributed by atoms with Crippen LogP contribution in [0, 0.1) is 11.3 Å². The Morgan fingerprint density at radius 2 is 2.03 bits per heavy atom. The van der Waals surface area contributed by atoms with Crippen molar-refractivity contribution in [3.63, 3.8) is 0 Å². The highest BCUT2D eigenvalue weighted by molar-refractivity contribution is 7.99. The third-order valence-corrected chi connectivity index (χ3v) is 8.00. The molecule has 164 valence electrons. The fourth-order valence-corrected chi connectivity index (χ4v) is 6.20. The number of thioether (sulfide) groups is 1. The fraction of sp³-hybridized carbons (Fsp3) is 0.435. The molecule has 1 aliphatic carbocycles. The molecule has 1 unspecified atom stereocenters. The van der Waals surface area contributed by atoms with E-state index in [0.29, 0.717) is 32.7 Å². The lowest BCUT2D eigenvalue weighted by Crippen LogP contribution is -2.27. The summed E-state index contributed by atoms with van der Waals surface area (Å²) in [5.41, 5.74) is 1.86. The Morgan fingerprint density at radius 3 is 2.65 bits per heavy atom. The Hall–Kier alpha value is -2.32. The fourth-order valence-electron chi connectivity index (χ4n) is 4.13. The molecule has 31 heavy (non-hydrogen) atoms. The van der Waals surface area contributed by atoms with E-state index >= 15 is 0 Å². The molecule has 1 atom stereocenters. The van der Waals surface area contributed by atoms with Crippen molar-refractivity contribution >= 4 is 39.3 Å². The highest BCUT2D eigenvalue weighted by Gasteiger charge is 2.32. The summed E-state index contributed by atoms with van der Waals surface area (Å²) < 4.78 is 6.77. The number of rotatable bonds is 5. The number of carboxylic acids is 1. The molecule has 0 radical (unpaired) electrons. The summed E-state index contributed by atoms with van der Waals surface area (Å²) in [5, 5.41) is 10.3. The topological polar surface area (TPSA) is 81.4 Å². The average molecular weight is 459 g/mol. The summed E-state index contributed by atoms with van der Waals surface area (Å²) in [6.45, 7) is 6.81. The van der Waals surface area contributed by atoms with Crippen molar-refractivity contribution in [3.8, 4) is 11.4 Å². The van der Waals surface area contributed by atoms with Crippen LogP contribution in [0.5, 0.6) is 5.75 Å². The monoisotopic (exact) mass is 458 g/mol. The molecule has 0 amide bonds. The van der Waals surface area contributed by atoms with E-state index in [4.69, 9.17) is 9.72 Å². The number of aryl methyl sites for hydroxylation is 1. The quantitative estimate of drug-likeness (QED) is 0.438. The van der Waals surface area contributed by atoms with Crippen LogP contribution < -0.4 is 10.3 Å². The number of aromatic nitrogens is 2. The summed E-state index contributed by atoms with van der Waals surface area (Å²) >= 11 is 2.65. The molecule has 2 aromatic heterocycles. The van der Waals surface area contributed by atoms with Gasteiger partial charge in [-0.25, -0.2) is 4.98 Å². The predicted molar refractivity (Wildman–Crippen MR) is 125 cm³/mol. The summed E-state index contributed by atoms with van der Waals surface area (Å²) in [5.74, 6) is 0.147. The van der Waals surface area contributed by atoms with Gasteiger partial charge in [0, 0.05) is 4.88 Å². The zero-order chi connectivity index (χ0) is 22.3. The number of aliphatic carboxylic acids is 1. The van der Waals surface area contributed by atoms with Crippen LogP contribution in [0.1, 0.15) is 37.6 Å². The maximum absolute atomic E-state index is 13.7. The van der Waals surface area contributed by atoms with Crippen molar-refractivity contribution in [2.75, 3.05) is 12.9 Å². The second-order valence-corrected chi connectivity index (χ2v) is 10.9. The highest BCUT2D eigenvalue weighted by Crippen LogP contribution is 2.42. The van der Waals surface area contributed by atoms with Gasteiger partial charge in [0.2, 0.25) is 0 Å². The van der Waals surface area contributed by atoms with Gasteiger partial charge < -0.3 is 9.84 Å². The molecular formula is C23H26N2O4S2. The Balaban J connectivity index is 1.88. The molecule has 4 rings (SSSR count). The average Bonchev–Trinajstić information content (AvgIpc) is 3.09. The molecule has 1 N–H and O–H groups in total. The number of nitrogens with zero attached hydrogens (tertiary/aromatic N) is 2. The van der Waals surface area contributed by atoms with E-state index in [9.17, 15) is 14.7 Å². The minimum atomic E-state index is -0.945. The Bertz CT molecular complexity index is 1190. The third kappa shape index (κ3) is 4.23. The van der Waals surface area contributed by atoms with Crippen LogP contribution in [0.2, 0.25) is 0 Å². The number of benzene rings is 1. The van der Waals surface area contributed by atoms with E-state index in [2.05, 4.69) is 20.8 Å². The van der Waals surface area contributed by atoms with Crippen LogP contribution in [0.25, 0.3) is 15.9 Å². The van der Waals surface area contributed by atoms with Crippen LogP contribution in [-0.2, 0) is 17.6 Å². The van der Waals surface area contributed by atoms with E-state index in [1.165, 1.54) is 9.44 Å². The van der Waals surface area contributed by atoms with Gasteiger partial charge in [-0.3, -0.25) is 14.2 Å².